The van der Waals surface area contributed by atoms with Gasteiger partial charge in [-0.05, 0) is 27.4 Å². The summed E-state index contributed by atoms with van der Waals surface area (Å²) in [6, 6.07) is 2.00. The van der Waals surface area contributed by atoms with Gasteiger partial charge in [0.1, 0.15) is 5.01 Å². The molecule has 17 heavy (non-hydrogen) atoms. The van der Waals surface area contributed by atoms with Gasteiger partial charge in [0, 0.05) is 23.9 Å². The summed E-state index contributed by atoms with van der Waals surface area (Å²) >= 11 is 6.66. The lowest BCUT2D eigenvalue weighted by molar-refractivity contribution is -0.127. The van der Waals surface area contributed by atoms with E-state index in [2.05, 4.69) is 20.9 Å². The summed E-state index contributed by atoms with van der Waals surface area (Å²) in [5.74, 6) is 0.0798. The van der Waals surface area contributed by atoms with Crippen LogP contribution in [0.3, 0.4) is 0 Å². The molecule has 1 amide bonds. The minimum absolute atomic E-state index is 0.0798. The van der Waals surface area contributed by atoms with E-state index in [1.165, 1.54) is 11.3 Å². The van der Waals surface area contributed by atoms with Crippen LogP contribution in [-0.2, 0) is 11.2 Å². The quantitative estimate of drug-likeness (QED) is 0.865. The normalized spacial score (nSPS) is 10.5. The number of hydrogen-bond donors (Lipinski definition) is 0. The molecular formula is C11H11BrN2OS2. The first-order valence-electron chi connectivity index (χ1n) is 4.96. The summed E-state index contributed by atoms with van der Waals surface area (Å²) < 4.78 is 1.05. The van der Waals surface area contributed by atoms with E-state index in [1.54, 1.807) is 30.3 Å². The molecule has 3 nitrogen and oxygen atoms in total. The van der Waals surface area contributed by atoms with Crippen LogP contribution in [0.1, 0.15) is 5.01 Å². The van der Waals surface area contributed by atoms with Gasteiger partial charge in [-0.3, -0.25) is 4.79 Å². The Hall–Kier alpha value is -0.720. The highest BCUT2D eigenvalue weighted by Crippen LogP contribution is 2.34. The molecule has 6 heteroatoms. The zero-order chi connectivity index (χ0) is 12.4. The molecule has 2 aromatic rings. The molecule has 0 aromatic carbocycles. The molecule has 2 heterocycles. The van der Waals surface area contributed by atoms with Gasteiger partial charge >= 0.3 is 0 Å². The number of aromatic nitrogens is 1. The Kier molecular flexibility index (Phi) is 3.96. The fourth-order valence-electron chi connectivity index (χ4n) is 1.26. The third-order valence-electron chi connectivity index (χ3n) is 2.20. The van der Waals surface area contributed by atoms with Crippen molar-refractivity contribution in [3.8, 4) is 10.6 Å². The summed E-state index contributed by atoms with van der Waals surface area (Å²) in [6.07, 6.45) is 0.376. The van der Waals surface area contributed by atoms with E-state index in [0.29, 0.717) is 6.42 Å². The molecule has 0 fully saturated rings. The zero-order valence-electron chi connectivity index (χ0n) is 9.44. The second kappa shape index (κ2) is 5.29. The lowest BCUT2D eigenvalue weighted by Gasteiger charge is -2.07. The smallest absolute Gasteiger partial charge is 0.228 e. The van der Waals surface area contributed by atoms with Crippen molar-refractivity contribution in [2.45, 2.75) is 6.42 Å². The maximum absolute atomic E-state index is 11.6. The third-order valence-corrected chi connectivity index (χ3v) is 4.91. The molecule has 0 unspecified atom stereocenters. The van der Waals surface area contributed by atoms with Crippen LogP contribution in [0.2, 0.25) is 0 Å². The van der Waals surface area contributed by atoms with Gasteiger partial charge < -0.3 is 4.90 Å². The highest BCUT2D eigenvalue weighted by molar-refractivity contribution is 9.10. The Labute approximate surface area is 116 Å². The number of carbonyl (C=O) groups is 1. The number of amides is 1. The lowest BCUT2D eigenvalue weighted by Crippen LogP contribution is -2.23. The number of halogens is 1. The van der Waals surface area contributed by atoms with Crippen LogP contribution < -0.4 is 0 Å². The minimum Gasteiger partial charge on any atom is -0.348 e. The first-order chi connectivity index (χ1) is 8.08. The van der Waals surface area contributed by atoms with Gasteiger partial charge in [0.15, 0.2) is 0 Å². The molecule has 0 aliphatic heterocycles. The number of hydrogen-bond acceptors (Lipinski definition) is 4. The fraction of sp³-hybridized carbons (Fsp3) is 0.273. The van der Waals surface area contributed by atoms with Gasteiger partial charge in [-0.1, -0.05) is 0 Å². The monoisotopic (exact) mass is 330 g/mol. The van der Waals surface area contributed by atoms with E-state index in [1.807, 2.05) is 16.8 Å². The molecule has 0 spiro atoms. The van der Waals surface area contributed by atoms with Crippen LogP contribution in [0.5, 0.6) is 0 Å². The number of carbonyl (C=O) groups excluding carboxylic acids is 1. The van der Waals surface area contributed by atoms with E-state index in [9.17, 15) is 4.79 Å². The van der Waals surface area contributed by atoms with Crippen LogP contribution in [0, 0.1) is 0 Å². The molecule has 90 valence electrons. The molecule has 0 saturated carbocycles. The second-order valence-corrected chi connectivity index (χ2v) is 6.40. The number of thiophene rings is 1. The Morgan fingerprint density at radius 2 is 2.24 bits per heavy atom. The second-order valence-electron chi connectivity index (χ2n) is 3.69. The molecule has 0 saturated heterocycles. The van der Waals surface area contributed by atoms with Crippen molar-refractivity contribution in [1.29, 1.82) is 0 Å². The van der Waals surface area contributed by atoms with Gasteiger partial charge in [0.2, 0.25) is 5.91 Å². The molecule has 0 aliphatic carbocycles. The fourth-order valence-corrected chi connectivity index (χ4v) is 3.65. The Morgan fingerprint density at radius 1 is 1.47 bits per heavy atom. The standard InChI is InChI=1S/C11H11BrN2OS2/c1-14(2)10(15)5-9-13-8(6-17-9)11-7(12)3-4-16-11/h3-4,6H,5H2,1-2H3. The molecule has 0 bridgehead atoms. The van der Waals surface area contributed by atoms with Gasteiger partial charge in [-0.2, -0.15) is 0 Å². The van der Waals surface area contributed by atoms with Crippen molar-refractivity contribution < 1.29 is 4.79 Å². The highest BCUT2D eigenvalue weighted by atomic mass is 79.9. The summed E-state index contributed by atoms with van der Waals surface area (Å²) in [4.78, 5) is 18.7. The molecule has 2 rings (SSSR count). The first-order valence-corrected chi connectivity index (χ1v) is 7.51. The van der Waals surface area contributed by atoms with Crippen LogP contribution in [0.4, 0.5) is 0 Å². The number of nitrogens with zero attached hydrogens (tertiary/aromatic N) is 2. The molecule has 2 aromatic heterocycles. The summed E-state index contributed by atoms with van der Waals surface area (Å²) in [6.45, 7) is 0. The van der Waals surface area contributed by atoms with Gasteiger partial charge in [0.25, 0.3) is 0 Å². The van der Waals surface area contributed by atoms with Gasteiger partial charge in [-0.25, -0.2) is 4.98 Å². The van der Waals surface area contributed by atoms with Crippen molar-refractivity contribution in [3.05, 3.63) is 26.3 Å². The Balaban J connectivity index is 2.17. The summed E-state index contributed by atoms with van der Waals surface area (Å²) in [7, 11) is 3.51. The van der Waals surface area contributed by atoms with E-state index in [4.69, 9.17) is 0 Å². The first kappa shape index (κ1) is 12.7. The molecule has 0 atom stereocenters. The van der Waals surface area contributed by atoms with Crippen molar-refractivity contribution in [1.82, 2.24) is 9.88 Å². The summed E-state index contributed by atoms with van der Waals surface area (Å²) in [5, 5.41) is 4.87. The molecular weight excluding hydrogens is 320 g/mol. The van der Waals surface area contributed by atoms with Crippen molar-refractivity contribution in [2.75, 3.05) is 14.1 Å². The number of rotatable bonds is 3. The van der Waals surface area contributed by atoms with E-state index in [0.717, 1.165) is 20.1 Å². The topological polar surface area (TPSA) is 33.2 Å². The predicted octanol–water partition coefficient (Wildman–Crippen LogP) is 3.26. The maximum Gasteiger partial charge on any atom is 0.228 e. The summed E-state index contributed by atoms with van der Waals surface area (Å²) in [5.41, 5.74) is 0.943. The zero-order valence-corrected chi connectivity index (χ0v) is 12.7. The predicted molar refractivity (Wildman–Crippen MR) is 75.5 cm³/mol. The maximum atomic E-state index is 11.6. The largest absolute Gasteiger partial charge is 0.348 e. The van der Waals surface area contributed by atoms with E-state index < -0.39 is 0 Å². The average Bonchev–Trinajstić information content (AvgIpc) is 2.86. The van der Waals surface area contributed by atoms with Crippen molar-refractivity contribution in [3.63, 3.8) is 0 Å². The van der Waals surface area contributed by atoms with Gasteiger partial charge in [0.05, 0.1) is 17.0 Å². The molecule has 0 radical (unpaired) electrons. The average molecular weight is 331 g/mol. The van der Waals surface area contributed by atoms with Gasteiger partial charge in [-0.15, -0.1) is 22.7 Å². The Bertz CT molecular complexity index is 533. The van der Waals surface area contributed by atoms with E-state index >= 15 is 0 Å². The SMILES string of the molecule is CN(C)C(=O)Cc1nc(-c2sccc2Br)cs1. The lowest BCUT2D eigenvalue weighted by atomic mass is 10.3. The van der Waals surface area contributed by atoms with Crippen LogP contribution >= 0.6 is 38.6 Å². The minimum atomic E-state index is 0.0798. The van der Waals surface area contributed by atoms with E-state index in [-0.39, 0.29) is 5.91 Å². The van der Waals surface area contributed by atoms with Crippen LogP contribution in [-0.4, -0.2) is 29.9 Å². The van der Waals surface area contributed by atoms with Crippen molar-refractivity contribution in [2.24, 2.45) is 0 Å². The van der Waals surface area contributed by atoms with Crippen molar-refractivity contribution >= 4 is 44.5 Å². The van der Waals surface area contributed by atoms with Crippen LogP contribution in [0.15, 0.2) is 21.3 Å². The number of thiazole rings is 1. The highest BCUT2D eigenvalue weighted by Gasteiger charge is 2.12. The van der Waals surface area contributed by atoms with Crippen LogP contribution in [0.25, 0.3) is 10.6 Å². The Morgan fingerprint density at radius 3 is 2.82 bits per heavy atom. The molecule has 0 aliphatic rings. The number of likely N-dealkylation sites (N-methyl/N-ethyl adjacent to an activating group) is 1. The molecule has 0 N–H and O–H groups in total. The third kappa shape index (κ3) is 2.94.